The summed E-state index contributed by atoms with van der Waals surface area (Å²) >= 11 is 17.3. The molecular formula is C6H5Cl3N2OS. The van der Waals surface area contributed by atoms with Gasteiger partial charge in [0.2, 0.25) is 0 Å². The zero-order valence-corrected chi connectivity index (χ0v) is 9.56. The van der Waals surface area contributed by atoms with E-state index in [0.29, 0.717) is 5.13 Å². The van der Waals surface area contributed by atoms with Crippen molar-refractivity contribution in [1.82, 2.24) is 4.98 Å². The highest BCUT2D eigenvalue weighted by atomic mass is 35.6. The van der Waals surface area contributed by atoms with Gasteiger partial charge in [0.15, 0.2) is 5.13 Å². The zero-order chi connectivity index (χ0) is 10.1. The van der Waals surface area contributed by atoms with Crippen LogP contribution in [0.15, 0.2) is 5.38 Å². The third-order valence-electron chi connectivity index (χ3n) is 1.10. The summed E-state index contributed by atoms with van der Waals surface area (Å²) in [5.74, 6) is -0.702. The topological polar surface area (TPSA) is 42.0 Å². The number of thiazole rings is 1. The number of carbonyl (C=O) groups is 1. The molecule has 0 saturated carbocycles. The maximum absolute atomic E-state index is 11.1. The van der Waals surface area contributed by atoms with E-state index >= 15 is 0 Å². The molecule has 0 saturated heterocycles. The van der Waals surface area contributed by atoms with E-state index in [1.807, 2.05) is 6.92 Å². The number of carbonyl (C=O) groups excluding carboxylic acids is 1. The van der Waals surface area contributed by atoms with E-state index in [4.69, 9.17) is 34.8 Å². The molecule has 0 aliphatic carbocycles. The van der Waals surface area contributed by atoms with Crippen LogP contribution in [-0.4, -0.2) is 14.7 Å². The van der Waals surface area contributed by atoms with E-state index in [0.717, 1.165) is 5.69 Å². The Labute approximate surface area is 94.0 Å². The second-order valence-corrected chi connectivity index (χ2v) is 5.39. The summed E-state index contributed by atoms with van der Waals surface area (Å²) in [5.41, 5.74) is 0.810. The number of amides is 1. The second-order valence-electron chi connectivity index (χ2n) is 2.25. The molecule has 0 aromatic carbocycles. The number of halogens is 3. The lowest BCUT2D eigenvalue weighted by Crippen LogP contribution is -2.26. The number of aromatic nitrogens is 1. The predicted octanol–water partition coefficient (Wildman–Crippen LogP) is 2.76. The van der Waals surface area contributed by atoms with E-state index < -0.39 is 9.70 Å². The summed E-state index contributed by atoms with van der Waals surface area (Å²) in [7, 11) is 0. The standard InChI is InChI=1S/C6H5Cl3N2OS/c1-3-2-13-5(10-3)11-4(12)6(7,8)9/h2H,1H3,(H,10,11,12). The van der Waals surface area contributed by atoms with Crippen molar-refractivity contribution >= 4 is 57.2 Å². The molecule has 1 N–H and O–H groups in total. The molecule has 0 atom stereocenters. The third kappa shape index (κ3) is 3.31. The third-order valence-corrected chi connectivity index (χ3v) is 2.49. The molecule has 13 heavy (non-hydrogen) atoms. The van der Waals surface area contributed by atoms with Gasteiger partial charge in [-0.3, -0.25) is 10.1 Å². The van der Waals surface area contributed by atoms with E-state index in [9.17, 15) is 4.79 Å². The van der Waals surface area contributed by atoms with Gasteiger partial charge in [0, 0.05) is 5.38 Å². The first-order valence-corrected chi connectivity index (χ1v) is 5.21. The maximum atomic E-state index is 11.1. The molecule has 0 aliphatic rings. The van der Waals surface area contributed by atoms with Crippen molar-refractivity contribution in [3.05, 3.63) is 11.1 Å². The maximum Gasteiger partial charge on any atom is 0.278 e. The summed E-state index contributed by atoms with van der Waals surface area (Å²) in [5, 5.41) is 4.59. The average molecular weight is 260 g/mol. The molecule has 1 aromatic rings. The zero-order valence-electron chi connectivity index (χ0n) is 6.47. The van der Waals surface area contributed by atoms with Crippen LogP contribution in [0.3, 0.4) is 0 Å². The van der Waals surface area contributed by atoms with Gasteiger partial charge < -0.3 is 0 Å². The highest BCUT2D eigenvalue weighted by Gasteiger charge is 2.31. The Morgan fingerprint density at radius 3 is 2.62 bits per heavy atom. The minimum atomic E-state index is -1.94. The van der Waals surface area contributed by atoms with E-state index in [1.54, 1.807) is 5.38 Å². The second kappa shape index (κ2) is 4.00. The van der Waals surface area contributed by atoms with Crippen molar-refractivity contribution in [2.45, 2.75) is 10.7 Å². The Balaban J connectivity index is 2.65. The van der Waals surface area contributed by atoms with Crippen LogP contribution in [0.1, 0.15) is 5.69 Å². The van der Waals surface area contributed by atoms with Gasteiger partial charge in [-0.1, -0.05) is 34.8 Å². The molecule has 1 aromatic heterocycles. The molecule has 1 amide bonds. The normalized spacial score (nSPS) is 11.4. The lowest BCUT2D eigenvalue weighted by atomic mass is 10.6. The van der Waals surface area contributed by atoms with Crippen molar-refractivity contribution in [1.29, 1.82) is 0 Å². The van der Waals surface area contributed by atoms with Crippen LogP contribution in [-0.2, 0) is 4.79 Å². The average Bonchev–Trinajstić information content (AvgIpc) is 2.33. The fraction of sp³-hybridized carbons (Fsp3) is 0.333. The SMILES string of the molecule is Cc1csc(NC(=O)C(Cl)(Cl)Cl)n1. The van der Waals surface area contributed by atoms with Gasteiger partial charge in [0.05, 0.1) is 5.69 Å². The Bertz CT molecular complexity index is 320. The van der Waals surface area contributed by atoms with Gasteiger partial charge >= 0.3 is 0 Å². The van der Waals surface area contributed by atoms with Gasteiger partial charge in [-0.15, -0.1) is 11.3 Å². The predicted molar refractivity (Wildman–Crippen MR) is 55.8 cm³/mol. The lowest BCUT2D eigenvalue weighted by Gasteiger charge is -2.08. The van der Waals surface area contributed by atoms with E-state index in [1.165, 1.54) is 11.3 Å². The molecule has 1 rings (SSSR count). The molecule has 3 nitrogen and oxygen atoms in total. The van der Waals surface area contributed by atoms with Crippen LogP contribution in [0.4, 0.5) is 5.13 Å². The number of alkyl halides is 3. The Hall–Kier alpha value is -0.0300. The minimum absolute atomic E-state index is 0.425. The molecule has 7 heteroatoms. The van der Waals surface area contributed by atoms with Crippen molar-refractivity contribution in [3.8, 4) is 0 Å². The van der Waals surface area contributed by atoms with Crippen molar-refractivity contribution in [3.63, 3.8) is 0 Å². The minimum Gasteiger partial charge on any atom is -0.298 e. The number of rotatable bonds is 1. The van der Waals surface area contributed by atoms with Gasteiger partial charge in [0.1, 0.15) is 0 Å². The van der Waals surface area contributed by atoms with Crippen LogP contribution >= 0.6 is 46.1 Å². The highest BCUT2D eigenvalue weighted by Crippen LogP contribution is 2.28. The first-order chi connectivity index (χ1) is 5.89. The fourth-order valence-corrected chi connectivity index (χ4v) is 1.40. The molecule has 0 radical (unpaired) electrons. The molecule has 0 bridgehead atoms. The summed E-state index contributed by atoms with van der Waals surface area (Å²) < 4.78 is -1.94. The van der Waals surface area contributed by atoms with Crippen LogP contribution in [0.2, 0.25) is 0 Å². The molecule has 0 aliphatic heterocycles. The summed E-state index contributed by atoms with van der Waals surface area (Å²) in [4.78, 5) is 15.1. The monoisotopic (exact) mass is 258 g/mol. The van der Waals surface area contributed by atoms with Gasteiger partial charge in [-0.2, -0.15) is 0 Å². The molecule has 0 spiro atoms. The van der Waals surface area contributed by atoms with Crippen LogP contribution in [0, 0.1) is 6.92 Å². The quantitative estimate of drug-likeness (QED) is 0.788. The van der Waals surface area contributed by atoms with Crippen LogP contribution in [0.5, 0.6) is 0 Å². The molecular weight excluding hydrogens is 255 g/mol. The summed E-state index contributed by atoms with van der Waals surface area (Å²) in [6.45, 7) is 1.81. The molecule has 1 heterocycles. The van der Waals surface area contributed by atoms with Gasteiger partial charge in [-0.25, -0.2) is 4.98 Å². The Morgan fingerprint density at radius 1 is 1.62 bits per heavy atom. The number of anilines is 1. The molecule has 0 unspecified atom stereocenters. The fourth-order valence-electron chi connectivity index (χ4n) is 0.579. The Kier molecular flexibility index (Phi) is 3.40. The van der Waals surface area contributed by atoms with Crippen molar-refractivity contribution < 1.29 is 4.79 Å². The first-order valence-electron chi connectivity index (χ1n) is 3.20. The van der Waals surface area contributed by atoms with Crippen molar-refractivity contribution in [2.75, 3.05) is 5.32 Å². The smallest absolute Gasteiger partial charge is 0.278 e. The van der Waals surface area contributed by atoms with E-state index in [-0.39, 0.29) is 0 Å². The number of hydrogen-bond donors (Lipinski definition) is 1. The highest BCUT2D eigenvalue weighted by molar-refractivity contribution is 7.14. The first kappa shape index (κ1) is 11.0. The van der Waals surface area contributed by atoms with Crippen molar-refractivity contribution in [2.24, 2.45) is 0 Å². The largest absolute Gasteiger partial charge is 0.298 e. The van der Waals surface area contributed by atoms with Gasteiger partial charge in [-0.05, 0) is 6.92 Å². The molecule has 0 fully saturated rings. The number of nitrogens with zero attached hydrogens (tertiary/aromatic N) is 1. The van der Waals surface area contributed by atoms with Crippen LogP contribution in [0.25, 0.3) is 0 Å². The Morgan fingerprint density at radius 2 is 2.23 bits per heavy atom. The van der Waals surface area contributed by atoms with E-state index in [2.05, 4.69) is 10.3 Å². The number of aryl methyl sites for hydroxylation is 1. The summed E-state index contributed by atoms with van der Waals surface area (Å²) in [6.07, 6.45) is 0. The number of nitrogens with one attached hydrogen (secondary N) is 1. The summed E-state index contributed by atoms with van der Waals surface area (Å²) in [6, 6.07) is 0. The number of hydrogen-bond acceptors (Lipinski definition) is 3. The molecule has 72 valence electrons. The van der Waals surface area contributed by atoms with Crippen LogP contribution < -0.4 is 5.32 Å². The van der Waals surface area contributed by atoms with Gasteiger partial charge in [0.25, 0.3) is 9.70 Å². The lowest BCUT2D eigenvalue weighted by molar-refractivity contribution is -0.115.